The van der Waals surface area contributed by atoms with Crippen LogP contribution in [0.4, 0.5) is 17.1 Å². The van der Waals surface area contributed by atoms with Crippen LogP contribution < -0.4 is 4.90 Å². The van der Waals surface area contributed by atoms with E-state index in [2.05, 4.69) is 217 Å². The zero-order valence-electron chi connectivity index (χ0n) is 33.1. The Labute approximate surface area is 353 Å². The molecule has 0 bridgehead atoms. The van der Waals surface area contributed by atoms with Gasteiger partial charge in [0, 0.05) is 44.0 Å². The van der Waals surface area contributed by atoms with Crippen LogP contribution in [0.25, 0.3) is 99.2 Å². The van der Waals surface area contributed by atoms with Gasteiger partial charge in [0.2, 0.25) is 0 Å². The summed E-state index contributed by atoms with van der Waals surface area (Å²) in [6.45, 7) is 0. The molecule has 0 saturated heterocycles. The van der Waals surface area contributed by atoms with Crippen molar-refractivity contribution in [2.75, 3.05) is 4.90 Å². The van der Waals surface area contributed by atoms with Crippen molar-refractivity contribution >= 4 is 71.7 Å². The Bertz CT molecular complexity index is 3510. The van der Waals surface area contributed by atoms with Gasteiger partial charge in [-0.25, -0.2) is 0 Å². The Hall–Kier alpha value is -8.14. The van der Waals surface area contributed by atoms with Crippen LogP contribution in [0, 0.1) is 0 Å². The van der Waals surface area contributed by atoms with E-state index in [0.717, 1.165) is 111 Å². The molecule has 3 heteroatoms. The average molecular weight is 780 g/mol. The zero-order chi connectivity index (χ0) is 40.3. The standard InChI is InChI=1S/C58H37NO2/c1-4-15-38(16-5-1)41-27-30-45(31-28-41)59(46-36-43(39-17-6-2-7-18-39)35-44(37-46)40-19-8-3-9-20-40)53-34-33-51(50-25-14-24-49-48-23-12-13-26-54(48)60-57(49)50)58-55(53)52-32-29-42-21-10-11-22-47(42)56(52)61-58/h1-37H. The van der Waals surface area contributed by atoms with Crippen molar-refractivity contribution in [3.05, 3.63) is 224 Å². The summed E-state index contributed by atoms with van der Waals surface area (Å²) in [6.07, 6.45) is 0. The van der Waals surface area contributed by atoms with E-state index in [1.54, 1.807) is 0 Å². The molecule has 0 aliphatic rings. The number of hydrogen-bond acceptors (Lipinski definition) is 3. The maximum Gasteiger partial charge on any atom is 0.145 e. The lowest BCUT2D eigenvalue weighted by Crippen LogP contribution is -2.11. The van der Waals surface area contributed by atoms with E-state index < -0.39 is 0 Å². The van der Waals surface area contributed by atoms with E-state index in [-0.39, 0.29) is 0 Å². The van der Waals surface area contributed by atoms with Gasteiger partial charge in [0.15, 0.2) is 0 Å². The number of rotatable bonds is 7. The van der Waals surface area contributed by atoms with Crippen molar-refractivity contribution in [2.45, 2.75) is 0 Å². The summed E-state index contributed by atoms with van der Waals surface area (Å²) in [5.41, 5.74) is 15.4. The molecule has 0 aliphatic carbocycles. The molecule has 0 atom stereocenters. The number of furan rings is 2. The number of anilines is 3. The SMILES string of the molecule is c1ccc(-c2ccc(N(c3cc(-c4ccccc4)cc(-c4ccccc4)c3)c3ccc(-c4cccc5c4oc4ccccc45)c4oc5c6ccccc6ccc5c34)cc2)cc1. The highest BCUT2D eigenvalue weighted by molar-refractivity contribution is 6.23. The van der Waals surface area contributed by atoms with E-state index >= 15 is 0 Å². The summed E-state index contributed by atoms with van der Waals surface area (Å²) in [6, 6.07) is 79.9. The number of fused-ring (bicyclic) bond motifs is 8. The maximum absolute atomic E-state index is 7.23. The molecule has 0 saturated carbocycles. The smallest absolute Gasteiger partial charge is 0.145 e. The van der Waals surface area contributed by atoms with Crippen LogP contribution in [-0.4, -0.2) is 0 Å². The molecular formula is C58H37NO2. The molecule has 0 amide bonds. The van der Waals surface area contributed by atoms with Crippen molar-refractivity contribution in [2.24, 2.45) is 0 Å². The molecule has 0 radical (unpaired) electrons. The van der Waals surface area contributed by atoms with Gasteiger partial charge in [0.25, 0.3) is 0 Å². The lowest BCUT2D eigenvalue weighted by molar-refractivity contribution is 0.666. The van der Waals surface area contributed by atoms with E-state index in [0.29, 0.717) is 0 Å². The second kappa shape index (κ2) is 14.3. The Kier molecular flexibility index (Phi) is 8.17. The first kappa shape index (κ1) is 34.9. The van der Waals surface area contributed by atoms with Crippen LogP contribution in [0.1, 0.15) is 0 Å². The van der Waals surface area contributed by atoms with Gasteiger partial charge in [-0.05, 0) is 93.4 Å². The van der Waals surface area contributed by atoms with Crippen LogP contribution in [0.2, 0.25) is 0 Å². The van der Waals surface area contributed by atoms with Gasteiger partial charge in [0.1, 0.15) is 22.3 Å². The molecule has 2 heterocycles. The fourth-order valence-electron chi connectivity index (χ4n) is 9.14. The third-order valence-corrected chi connectivity index (χ3v) is 12.0. The van der Waals surface area contributed by atoms with Crippen LogP contribution >= 0.6 is 0 Å². The Morgan fingerprint density at radius 2 is 0.869 bits per heavy atom. The highest BCUT2D eigenvalue weighted by Gasteiger charge is 2.25. The minimum Gasteiger partial charge on any atom is -0.455 e. The lowest BCUT2D eigenvalue weighted by atomic mass is 9.95. The third-order valence-electron chi connectivity index (χ3n) is 12.0. The molecule has 286 valence electrons. The largest absolute Gasteiger partial charge is 0.455 e. The second-order valence-corrected chi connectivity index (χ2v) is 15.6. The highest BCUT2D eigenvalue weighted by Crippen LogP contribution is 2.50. The molecule has 2 aromatic heterocycles. The van der Waals surface area contributed by atoms with Crippen molar-refractivity contribution in [1.29, 1.82) is 0 Å². The molecule has 0 aliphatic heterocycles. The molecule has 0 N–H and O–H groups in total. The fourth-order valence-corrected chi connectivity index (χ4v) is 9.14. The van der Waals surface area contributed by atoms with Crippen LogP contribution in [0.5, 0.6) is 0 Å². The van der Waals surface area contributed by atoms with E-state index in [9.17, 15) is 0 Å². The quantitative estimate of drug-likeness (QED) is 0.161. The predicted octanol–water partition coefficient (Wildman–Crippen LogP) is 16.8. The predicted molar refractivity (Wildman–Crippen MR) is 255 cm³/mol. The first-order valence-corrected chi connectivity index (χ1v) is 20.7. The number of nitrogens with zero attached hydrogens (tertiary/aromatic N) is 1. The van der Waals surface area contributed by atoms with Crippen molar-refractivity contribution in [1.82, 2.24) is 0 Å². The van der Waals surface area contributed by atoms with Gasteiger partial charge in [-0.1, -0.05) is 170 Å². The summed E-state index contributed by atoms with van der Waals surface area (Å²) in [5, 5.41) is 6.47. The lowest BCUT2D eigenvalue weighted by Gasteiger charge is -2.28. The Balaban J connectivity index is 1.17. The fraction of sp³-hybridized carbons (Fsp3) is 0. The van der Waals surface area contributed by atoms with Crippen LogP contribution in [-0.2, 0) is 0 Å². The molecular weight excluding hydrogens is 743 g/mol. The monoisotopic (exact) mass is 779 g/mol. The minimum absolute atomic E-state index is 0.810. The third kappa shape index (κ3) is 5.90. The minimum atomic E-state index is 0.810. The van der Waals surface area contributed by atoms with Gasteiger partial charge >= 0.3 is 0 Å². The van der Waals surface area contributed by atoms with Gasteiger partial charge in [0.05, 0.1) is 11.1 Å². The molecule has 0 spiro atoms. The summed E-state index contributed by atoms with van der Waals surface area (Å²) in [5.74, 6) is 0. The number of benzene rings is 10. The molecule has 3 nitrogen and oxygen atoms in total. The van der Waals surface area contributed by atoms with Gasteiger partial charge in [-0.15, -0.1) is 0 Å². The zero-order valence-corrected chi connectivity index (χ0v) is 33.1. The van der Waals surface area contributed by atoms with Crippen LogP contribution in [0.3, 0.4) is 0 Å². The van der Waals surface area contributed by atoms with E-state index in [4.69, 9.17) is 8.83 Å². The Morgan fingerprint density at radius 1 is 0.295 bits per heavy atom. The van der Waals surface area contributed by atoms with Gasteiger partial charge in [-0.2, -0.15) is 0 Å². The molecule has 10 aromatic carbocycles. The van der Waals surface area contributed by atoms with Crippen molar-refractivity contribution < 1.29 is 8.83 Å². The summed E-state index contributed by atoms with van der Waals surface area (Å²) in [7, 11) is 0. The molecule has 0 fully saturated rings. The molecule has 0 unspecified atom stereocenters. The molecule has 12 rings (SSSR count). The van der Waals surface area contributed by atoms with E-state index in [1.165, 1.54) is 5.56 Å². The number of para-hydroxylation sites is 2. The van der Waals surface area contributed by atoms with Crippen molar-refractivity contribution in [3.8, 4) is 44.5 Å². The molecule has 12 aromatic rings. The maximum atomic E-state index is 7.23. The van der Waals surface area contributed by atoms with E-state index in [1.807, 2.05) is 12.1 Å². The summed E-state index contributed by atoms with van der Waals surface area (Å²) in [4.78, 5) is 2.41. The van der Waals surface area contributed by atoms with Gasteiger partial charge in [-0.3, -0.25) is 0 Å². The normalized spacial score (nSPS) is 11.6. The van der Waals surface area contributed by atoms with Crippen LogP contribution in [0.15, 0.2) is 233 Å². The topological polar surface area (TPSA) is 29.5 Å². The second-order valence-electron chi connectivity index (χ2n) is 15.6. The summed E-state index contributed by atoms with van der Waals surface area (Å²) < 4.78 is 13.9. The summed E-state index contributed by atoms with van der Waals surface area (Å²) >= 11 is 0. The Morgan fingerprint density at radius 3 is 1.57 bits per heavy atom. The van der Waals surface area contributed by atoms with Crippen molar-refractivity contribution in [3.63, 3.8) is 0 Å². The average Bonchev–Trinajstić information content (AvgIpc) is 3.93. The molecule has 61 heavy (non-hydrogen) atoms. The first-order chi connectivity index (χ1) is 30.2. The van der Waals surface area contributed by atoms with Gasteiger partial charge < -0.3 is 13.7 Å². The number of hydrogen-bond donors (Lipinski definition) is 0. The highest BCUT2D eigenvalue weighted by atomic mass is 16.3. The first-order valence-electron chi connectivity index (χ1n) is 20.7.